The molecule has 0 saturated carbocycles. The summed E-state index contributed by atoms with van der Waals surface area (Å²) >= 11 is 0. The van der Waals surface area contributed by atoms with Crippen molar-refractivity contribution in [3.8, 4) is 5.75 Å². The van der Waals surface area contributed by atoms with Crippen molar-refractivity contribution in [2.45, 2.75) is 6.92 Å². The van der Waals surface area contributed by atoms with Gasteiger partial charge in [-0.1, -0.05) is 6.07 Å². The van der Waals surface area contributed by atoms with Crippen LogP contribution in [-0.2, 0) is 9.59 Å². The molecule has 0 aromatic heterocycles. The van der Waals surface area contributed by atoms with Gasteiger partial charge in [-0.05, 0) is 24.6 Å². The van der Waals surface area contributed by atoms with Crippen molar-refractivity contribution in [3.05, 3.63) is 23.8 Å². The van der Waals surface area contributed by atoms with E-state index in [0.29, 0.717) is 11.4 Å². The van der Waals surface area contributed by atoms with Gasteiger partial charge < -0.3 is 14.7 Å². The summed E-state index contributed by atoms with van der Waals surface area (Å²) in [5.74, 6) is -0.974. The Balaban J connectivity index is 2.37. The Labute approximate surface area is 92.2 Å². The molecule has 0 fully saturated rings. The number of carboxylic acid groups (broad SMARTS) is 1. The fourth-order valence-electron chi connectivity index (χ4n) is 1.66. The molecule has 16 heavy (non-hydrogen) atoms. The van der Waals surface area contributed by atoms with Crippen molar-refractivity contribution in [3.63, 3.8) is 0 Å². The quantitative estimate of drug-likeness (QED) is 0.591. The lowest BCUT2D eigenvalue weighted by atomic mass is 10.1. The number of benzene rings is 1. The number of fused-ring (bicyclic) bond motifs is 1. The summed E-state index contributed by atoms with van der Waals surface area (Å²) in [6.45, 7) is 1.65. The molecule has 5 heteroatoms. The van der Waals surface area contributed by atoms with Gasteiger partial charge in [0.25, 0.3) is 0 Å². The largest absolute Gasteiger partial charge is 0.480 e. The van der Waals surface area contributed by atoms with Crippen LogP contribution in [-0.4, -0.2) is 30.1 Å². The van der Waals surface area contributed by atoms with Gasteiger partial charge in [0.05, 0.1) is 5.69 Å². The second-order valence-electron chi connectivity index (χ2n) is 3.70. The highest BCUT2D eigenvalue weighted by Crippen LogP contribution is 2.32. The van der Waals surface area contributed by atoms with Crippen molar-refractivity contribution in [2.75, 3.05) is 18.0 Å². The molecule has 1 aliphatic rings. The van der Waals surface area contributed by atoms with E-state index in [1.807, 2.05) is 13.0 Å². The molecule has 1 N–H and O–H groups in total. The number of ether oxygens (including phenoxy) is 1. The molecule has 1 aromatic carbocycles. The number of rotatable bonds is 2. The minimum Gasteiger partial charge on any atom is -0.480 e. The maximum atomic E-state index is 11.3. The van der Waals surface area contributed by atoms with Gasteiger partial charge in [0.2, 0.25) is 0 Å². The third kappa shape index (κ3) is 1.98. The maximum Gasteiger partial charge on any atom is 0.331 e. The van der Waals surface area contributed by atoms with Crippen molar-refractivity contribution in [2.24, 2.45) is 0 Å². The Morgan fingerprint density at radius 1 is 1.56 bits per heavy atom. The summed E-state index contributed by atoms with van der Waals surface area (Å²) in [5.41, 5.74) is 1.61. The van der Waals surface area contributed by atoms with Gasteiger partial charge in [0, 0.05) is 0 Å². The van der Waals surface area contributed by atoms with E-state index < -0.39 is 11.9 Å². The first kappa shape index (κ1) is 10.5. The number of carboxylic acids is 1. The molecular formula is C11H11NO4. The molecule has 0 aliphatic carbocycles. The Hall–Kier alpha value is -2.04. The fourth-order valence-corrected chi connectivity index (χ4v) is 1.66. The monoisotopic (exact) mass is 221 g/mol. The lowest BCUT2D eigenvalue weighted by molar-refractivity contribution is -0.136. The van der Waals surface area contributed by atoms with E-state index in [9.17, 15) is 9.59 Å². The highest BCUT2D eigenvalue weighted by Gasteiger charge is 2.25. The zero-order chi connectivity index (χ0) is 11.7. The lowest BCUT2D eigenvalue weighted by Crippen LogP contribution is -2.39. The number of anilines is 1. The number of hydrogen-bond acceptors (Lipinski definition) is 4. The minimum atomic E-state index is -0.971. The Kier molecular flexibility index (Phi) is 2.52. The average Bonchev–Trinajstić information content (AvgIpc) is 2.15. The minimum absolute atomic E-state index is 0.0254. The Morgan fingerprint density at radius 3 is 3.00 bits per heavy atom. The molecule has 0 saturated heterocycles. The van der Waals surface area contributed by atoms with Gasteiger partial charge in [-0.15, -0.1) is 0 Å². The van der Waals surface area contributed by atoms with Crippen molar-refractivity contribution in [1.29, 1.82) is 0 Å². The van der Waals surface area contributed by atoms with Gasteiger partial charge in [-0.25, -0.2) is 4.79 Å². The van der Waals surface area contributed by atoms with E-state index in [-0.39, 0.29) is 13.1 Å². The molecular weight excluding hydrogens is 210 g/mol. The van der Waals surface area contributed by atoms with E-state index in [1.54, 1.807) is 12.1 Å². The van der Waals surface area contributed by atoms with E-state index in [0.717, 1.165) is 5.56 Å². The van der Waals surface area contributed by atoms with Crippen molar-refractivity contribution in [1.82, 2.24) is 0 Å². The molecule has 1 heterocycles. The third-order valence-corrected chi connectivity index (χ3v) is 2.33. The molecule has 84 valence electrons. The van der Waals surface area contributed by atoms with Crippen LogP contribution < -0.4 is 9.64 Å². The van der Waals surface area contributed by atoms with E-state index in [1.165, 1.54) is 4.90 Å². The molecule has 0 atom stereocenters. The van der Waals surface area contributed by atoms with Crippen LogP contribution in [0.3, 0.4) is 0 Å². The molecule has 1 aliphatic heterocycles. The molecule has 2 rings (SSSR count). The van der Waals surface area contributed by atoms with Gasteiger partial charge in [0.1, 0.15) is 13.1 Å². The summed E-state index contributed by atoms with van der Waals surface area (Å²) in [7, 11) is 0. The zero-order valence-electron chi connectivity index (χ0n) is 8.77. The zero-order valence-corrected chi connectivity index (χ0v) is 8.77. The highest BCUT2D eigenvalue weighted by atomic mass is 16.5. The normalized spacial score (nSPS) is 14.3. The Bertz CT molecular complexity index is 455. The molecule has 0 spiro atoms. The van der Waals surface area contributed by atoms with Crippen LogP contribution in [0.15, 0.2) is 18.2 Å². The van der Waals surface area contributed by atoms with Crippen LogP contribution in [0.5, 0.6) is 5.75 Å². The smallest absolute Gasteiger partial charge is 0.331 e. The van der Waals surface area contributed by atoms with Gasteiger partial charge >= 0.3 is 11.9 Å². The fraction of sp³-hybridized carbons (Fsp3) is 0.273. The van der Waals surface area contributed by atoms with Crippen LogP contribution in [0.2, 0.25) is 0 Å². The number of aryl methyl sites for hydroxylation is 1. The first-order valence-corrected chi connectivity index (χ1v) is 4.84. The standard InChI is InChI=1S/C11H11NO4/c1-7-2-3-8-9(4-7)16-11(15)6-12(8)5-10(13)14/h2-4H,5-6H2,1H3,(H,13,14). The molecule has 1 aromatic rings. The molecule has 0 unspecified atom stereocenters. The number of carbonyl (C=O) groups is 2. The van der Waals surface area contributed by atoms with Crippen LogP contribution in [0.4, 0.5) is 5.69 Å². The van der Waals surface area contributed by atoms with Gasteiger partial charge in [-0.3, -0.25) is 4.79 Å². The summed E-state index contributed by atoms with van der Waals surface area (Å²) in [6.07, 6.45) is 0. The van der Waals surface area contributed by atoms with E-state index in [4.69, 9.17) is 9.84 Å². The van der Waals surface area contributed by atoms with Crippen molar-refractivity contribution >= 4 is 17.6 Å². The lowest BCUT2D eigenvalue weighted by Gasteiger charge is -2.28. The van der Waals surface area contributed by atoms with Gasteiger partial charge in [-0.2, -0.15) is 0 Å². The summed E-state index contributed by atoms with van der Waals surface area (Å²) in [5, 5.41) is 8.74. The summed E-state index contributed by atoms with van der Waals surface area (Å²) in [6, 6.07) is 5.34. The number of aliphatic carboxylic acids is 1. The highest BCUT2D eigenvalue weighted by molar-refractivity contribution is 5.87. The first-order chi connectivity index (χ1) is 7.56. The van der Waals surface area contributed by atoms with Crippen LogP contribution >= 0.6 is 0 Å². The second kappa shape index (κ2) is 3.84. The second-order valence-corrected chi connectivity index (χ2v) is 3.70. The predicted octanol–water partition coefficient (Wildman–Crippen LogP) is 0.805. The number of esters is 1. The van der Waals surface area contributed by atoms with Crippen LogP contribution in [0.25, 0.3) is 0 Å². The molecule has 0 radical (unpaired) electrons. The van der Waals surface area contributed by atoms with Crippen LogP contribution in [0, 0.1) is 6.92 Å². The third-order valence-electron chi connectivity index (χ3n) is 2.33. The number of hydrogen-bond donors (Lipinski definition) is 1. The maximum absolute atomic E-state index is 11.3. The SMILES string of the molecule is Cc1ccc2c(c1)OC(=O)CN2CC(=O)O. The summed E-state index contributed by atoms with van der Waals surface area (Å²) in [4.78, 5) is 23.4. The molecule has 0 bridgehead atoms. The topological polar surface area (TPSA) is 66.8 Å². The predicted molar refractivity (Wildman–Crippen MR) is 56.7 cm³/mol. The first-order valence-electron chi connectivity index (χ1n) is 4.84. The number of nitrogens with zero attached hydrogens (tertiary/aromatic N) is 1. The number of carbonyl (C=O) groups excluding carboxylic acids is 1. The van der Waals surface area contributed by atoms with E-state index >= 15 is 0 Å². The average molecular weight is 221 g/mol. The molecule has 5 nitrogen and oxygen atoms in total. The molecule has 0 amide bonds. The van der Waals surface area contributed by atoms with Crippen molar-refractivity contribution < 1.29 is 19.4 Å². The van der Waals surface area contributed by atoms with Gasteiger partial charge in [0.15, 0.2) is 5.75 Å². The van der Waals surface area contributed by atoms with Crippen LogP contribution in [0.1, 0.15) is 5.56 Å². The summed E-state index contributed by atoms with van der Waals surface area (Å²) < 4.78 is 5.05. The Morgan fingerprint density at radius 2 is 2.31 bits per heavy atom. The van der Waals surface area contributed by atoms with E-state index in [2.05, 4.69) is 0 Å².